The number of ketones is 1. The van der Waals surface area contributed by atoms with E-state index in [0.717, 1.165) is 55.4 Å². The van der Waals surface area contributed by atoms with E-state index in [1.165, 1.54) is 10.9 Å². The van der Waals surface area contributed by atoms with E-state index >= 15 is 0 Å². The molecule has 1 fully saturated rings. The molecule has 2 N–H and O–H groups in total. The highest BCUT2D eigenvalue weighted by Gasteiger charge is 2.24. The van der Waals surface area contributed by atoms with E-state index in [-0.39, 0.29) is 23.9 Å². The Labute approximate surface area is 286 Å². The molecule has 1 saturated heterocycles. The quantitative estimate of drug-likeness (QED) is 0.0841. The van der Waals surface area contributed by atoms with Crippen molar-refractivity contribution in [1.29, 1.82) is 5.26 Å². The summed E-state index contributed by atoms with van der Waals surface area (Å²) < 4.78 is 21.0. The summed E-state index contributed by atoms with van der Waals surface area (Å²) in [5.41, 5.74) is 10.4. The number of rotatable bonds is 12. The van der Waals surface area contributed by atoms with Crippen LogP contribution in [0.4, 0.5) is 5.82 Å². The molecule has 10 nitrogen and oxygen atoms in total. The Morgan fingerprint density at radius 1 is 1.06 bits per heavy atom. The van der Waals surface area contributed by atoms with Crippen molar-refractivity contribution in [1.82, 2.24) is 19.2 Å². The number of nitrogens with zero attached hydrogens (tertiary/aromatic N) is 5. The van der Waals surface area contributed by atoms with Crippen LogP contribution in [0.2, 0.25) is 30.7 Å². The van der Waals surface area contributed by atoms with Crippen LogP contribution in [0.3, 0.4) is 0 Å². The number of morpholine rings is 1. The highest BCUT2D eigenvalue weighted by atomic mass is 35.5. The van der Waals surface area contributed by atoms with Crippen molar-refractivity contribution in [2.24, 2.45) is 0 Å². The third kappa shape index (κ3) is 7.65. The summed E-state index contributed by atoms with van der Waals surface area (Å²) in [4.78, 5) is 16.6. The van der Waals surface area contributed by atoms with Crippen molar-refractivity contribution in [2.45, 2.75) is 39.0 Å². The molecule has 0 amide bonds. The van der Waals surface area contributed by atoms with E-state index in [2.05, 4.69) is 53.9 Å². The molecule has 0 unspecified atom stereocenters. The highest BCUT2D eigenvalue weighted by molar-refractivity contribution is 6.76. The number of hydrogen-bond donors (Lipinski definition) is 1. The second-order valence-corrected chi connectivity index (χ2v) is 19.2. The van der Waals surface area contributed by atoms with Crippen LogP contribution < -0.4 is 10.5 Å². The average Bonchev–Trinajstić information content (AvgIpc) is 3.63. The highest BCUT2D eigenvalue weighted by Crippen LogP contribution is 2.32. The van der Waals surface area contributed by atoms with Gasteiger partial charge in [0.15, 0.2) is 0 Å². The van der Waals surface area contributed by atoms with Crippen LogP contribution in [-0.2, 0) is 22.7 Å². The summed E-state index contributed by atoms with van der Waals surface area (Å²) in [5.74, 6) is 0.901. The Morgan fingerprint density at radius 2 is 1.85 bits per heavy atom. The number of ether oxygens (including phenoxy) is 3. The van der Waals surface area contributed by atoms with Crippen molar-refractivity contribution in [3.05, 3.63) is 100 Å². The fourth-order valence-electron chi connectivity index (χ4n) is 5.63. The maximum absolute atomic E-state index is 14.2. The van der Waals surface area contributed by atoms with E-state index in [1.807, 2.05) is 10.6 Å². The zero-order valence-corrected chi connectivity index (χ0v) is 29.2. The van der Waals surface area contributed by atoms with Gasteiger partial charge < -0.3 is 24.5 Å². The smallest absolute Gasteiger partial charge is 0.214 e. The summed E-state index contributed by atoms with van der Waals surface area (Å²) in [7, 11) is -1.30. The first-order valence-corrected chi connectivity index (χ1v) is 20.0. The first kappa shape index (κ1) is 33.5. The van der Waals surface area contributed by atoms with Gasteiger partial charge in [0.05, 0.1) is 58.5 Å². The number of benzene rings is 3. The maximum atomic E-state index is 14.2. The number of halogens is 1. The molecular weight excluding hydrogens is 644 g/mol. The molecule has 1 aliphatic rings. The molecule has 3 heterocycles. The summed E-state index contributed by atoms with van der Waals surface area (Å²) >= 11 is 6.67. The lowest BCUT2D eigenvalue weighted by Crippen LogP contribution is -2.35. The van der Waals surface area contributed by atoms with E-state index < -0.39 is 8.07 Å². The summed E-state index contributed by atoms with van der Waals surface area (Å²) in [5, 5.41) is 14.9. The molecule has 1 aliphatic heterocycles. The van der Waals surface area contributed by atoms with Crippen molar-refractivity contribution >= 4 is 42.2 Å². The minimum atomic E-state index is -1.30. The topological polar surface area (TPSA) is 121 Å². The molecule has 48 heavy (non-hydrogen) atoms. The summed E-state index contributed by atoms with van der Waals surface area (Å²) in [6.45, 7) is 11.9. The predicted molar refractivity (Wildman–Crippen MR) is 190 cm³/mol. The SMILES string of the molecule is C[Si](C)(C)CCOCn1c(C(=O)c2cnn(-c3ccc(Oc4cccc(C#N)c4)cc3Cl)c2N)cc2ccc(CN3CCOCC3)cc21. The van der Waals surface area contributed by atoms with Crippen molar-refractivity contribution in [2.75, 3.05) is 38.6 Å². The summed E-state index contributed by atoms with van der Waals surface area (Å²) in [6.07, 6.45) is 1.48. The molecule has 0 spiro atoms. The number of nitriles is 1. The van der Waals surface area contributed by atoms with Gasteiger partial charge in [0.25, 0.3) is 0 Å². The van der Waals surface area contributed by atoms with Gasteiger partial charge in [0.2, 0.25) is 5.78 Å². The Balaban J connectivity index is 1.28. The largest absolute Gasteiger partial charge is 0.457 e. The molecule has 0 atom stereocenters. The van der Waals surface area contributed by atoms with Crippen molar-refractivity contribution in [3.63, 3.8) is 0 Å². The lowest BCUT2D eigenvalue weighted by molar-refractivity contribution is 0.0342. The number of aromatic nitrogens is 3. The summed E-state index contributed by atoms with van der Waals surface area (Å²) in [6, 6.07) is 23.3. The molecule has 0 bridgehead atoms. The third-order valence-electron chi connectivity index (χ3n) is 8.33. The molecule has 5 aromatic rings. The monoisotopic (exact) mass is 682 g/mol. The van der Waals surface area contributed by atoms with Crippen molar-refractivity contribution < 1.29 is 19.0 Å². The van der Waals surface area contributed by atoms with Gasteiger partial charge in [-0.1, -0.05) is 49.4 Å². The van der Waals surface area contributed by atoms with Gasteiger partial charge >= 0.3 is 0 Å². The number of hydrogen-bond acceptors (Lipinski definition) is 8. The Bertz CT molecular complexity index is 1990. The lowest BCUT2D eigenvalue weighted by Gasteiger charge is -2.26. The fourth-order valence-corrected chi connectivity index (χ4v) is 6.64. The third-order valence-corrected chi connectivity index (χ3v) is 10.3. The minimum absolute atomic E-state index is 0.168. The molecule has 0 radical (unpaired) electrons. The van der Waals surface area contributed by atoms with E-state index in [1.54, 1.807) is 42.5 Å². The van der Waals surface area contributed by atoms with Crippen LogP contribution in [0.25, 0.3) is 16.6 Å². The predicted octanol–water partition coefficient (Wildman–Crippen LogP) is 7.10. The molecule has 0 aliphatic carbocycles. The van der Waals surface area contributed by atoms with Gasteiger partial charge in [-0.2, -0.15) is 10.4 Å². The normalized spacial score (nSPS) is 13.9. The number of carbonyl (C=O) groups excluding carboxylic acids is 1. The van der Waals surface area contributed by atoms with Crippen molar-refractivity contribution in [3.8, 4) is 23.3 Å². The van der Waals surface area contributed by atoms with E-state index in [4.69, 9.17) is 31.5 Å². The van der Waals surface area contributed by atoms with Gasteiger partial charge in [0.1, 0.15) is 24.0 Å². The second-order valence-electron chi connectivity index (χ2n) is 13.1. The molecule has 12 heteroatoms. The van der Waals surface area contributed by atoms with Gasteiger partial charge in [-0.15, -0.1) is 0 Å². The van der Waals surface area contributed by atoms with E-state index in [9.17, 15) is 10.1 Å². The van der Waals surface area contributed by atoms with Gasteiger partial charge in [0, 0.05) is 45.8 Å². The number of nitrogen functional groups attached to an aromatic ring is 1. The minimum Gasteiger partial charge on any atom is -0.457 e. The van der Waals surface area contributed by atoms with Crippen LogP contribution in [0.1, 0.15) is 27.2 Å². The molecule has 2 aromatic heterocycles. The van der Waals surface area contributed by atoms with E-state index in [0.29, 0.717) is 40.1 Å². The molecule has 6 rings (SSSR count). The zero-order valence-electron chi connectivity index (χ0n) is 27.4. The molecular formula is C36H39ClN6O4Si. The number of carbonyl (C=O) groups is 1. The first-order chi connectivity index (χ1) is 23.1. The van der Waals surface area contributed by atoms with Crippen LogP contribution in [-0.4, -0.2) is 66.0 Å². The van der Waals surface area contributed by atoms with Crippen LogP contribution in [0.5, 0.6) is 11.5 Å². The van der Waals surface area contributed by atoms with Crippen LogP contribution in [0, 0.1) is 11.3 Å². The number of anilines is 1. The lowest BCUT2D eigenvalue weighted by atomic mass is 10.1. The van der Waals surface area contributed by atoms with Gasteiger partial charge in [-0.05, 0) is 54.1 Å². The Morgan fingerprint density at radius 3 is 2.60 bits per heavy atom. The maximum Gasteiger partial charge on any atom is 0.214 e. The molecule has 0 saturated carbocycles. The Hall–Kier alpha value is -4.44. The Kier molecular flexibility index (Phi) is 10.0. The van der Waals surface area contributed by atoms with Gasteiger partial charge in [-0.3, -0.25) is 9.69 Å². The second kappa shape index (κ2) is 14.4. The number of nitrogens with two attached hydrogens (primary N) is 1. The first-order valence-electron chi connectivity index (χ1n) is 16.0. The average molecular weight is 683 g/mol. The molecule has 3 aromatic carbocycles. The van der Waals surface area contributed by atoms with Crippen LogP contribution >= 0.6 is 11.6 Å². The molecule has 248 valence electrons. The fraction of sp³-hybridized carbons (Fsp3) is 0.306. The van der Waals surface area contributed by atoms with Crippen LogP contribution in [0.15, 0.2) is 72.9 Å². The standard InChI is InChI=1S/C36H39ClN6O4Si/c1-48(2,3)16-15-46-24-42-33-18-26(23-41-11-13-45-14-12-41)7-8-27(33)19-34(42)35(44)30-22-40-43(36(30)39)32-10-9-29(20-31(32)37)47-28-6-4-5-25(17-28)21-38/h4-10,17-20,22H,11-16,23-24,39H2,1-3H3. The van der Waals surface area contributed by atoms with Gasteiger partial charge in [-0.25, -0.2) is 4.68 Å². The zero-order chi connectivity index (χ0) is 33.8. The number of fused-ring (bicyclic) bond motifs is 1.